The van der Waals surface area contributed by atoms with Gasteiger partial charge in [-0.25, -0.2) is 0 Å². The lowest BCUT2D eigenvalue weighted by Crippen LogP contribution is -2.61. The Labute approximate surface area is 191 Å². The molecule has 0 bridgehead atoms. The highest BCUT2D eigenvalue weighted by atomic mass is 32.2. The van der Waals surface area contributed by atoms with Gasteiger partial charge in [0.2, 0.25) is 5.91 Å². The van der Waals surface area contributed by atoms with Gasteiger partial charge in [-0.3, -0.25) is 23.9 Å². The van der Waals surface area contributed by atoms with Crippen molar-refractivity contribution in [3.05, 3.63) is 64.7 Å². The Morgan fingerprint density at radius 1 is 1.03 bits per heavy atom. The molecule has 0 spiro atoms. The fourth-order valence-corrected chi connectivity index (χ4v) is 4.31. The Morgan fingerprint density at radius 2 is 1.70 bits per heavy atom. The highest BCUT2D eigenvalue weighted by Gasteiger charge is 2.48. The molecule has 9 nitrogen and oxygen atoms in total. The van der Waals surface area contributed by atoms with Gasteiger partial charge in [-0.1, -0.05) is 30.3 Å². The number of rotatable bonds is 7. The molecule has 0 aromatic heterocycles. The molecule has 2 aromatic carbocycles. The van der Waals surface area contributed by atoms with Crippen molar-refractivity contribution in [3.8, 4) is 5.75 Å². The number of hydrogen-bond donors (Lipinski definition) is 1. The van der Waals surface area contributed by atoms with Gasteiger partial charge >= 0.3 is 0 Å². The first-order chi connectivity index (χ1) is 15.6. The summed E-state index contributed by atoms with van der Waals surface area (Å²) in [4.78, 5) is 38.7. The molecule has 174 valence electrons. The Hall–Kier alpha value is -3.24. The first-order valence-electron chi connectivity index (χ1n) is 10.4. The summed E-state index contributed by atoms with van der Waals surface area (Å²) in [6.07, 6.45) is 1.44. The standard InChI is InChI=1S/C23H24N2O7S/c1-23(11-10-20(26)24-22(23)28)25-12-18-17(21(25)27)4-3-5-19(18)31-13-15-6-8-16(9-7-15)14-32-33(2,29)30/h3-9H,10-14H2,1-2H3,(H,24,26,28)/t23-/m0/s1. The van der Waals surface area contributed by atoms with Crippen molar-refractivity contribution in [1.29, 1.82) is 0 Å². The van der Waals surface area contributed by atoms with Gasteiger partial charge in [-0.05, 0) is 36.6 Å². The van der Waals surface area contributed by atoms with Gasteiger partial charge in [0.1, 0.15) is 17.9 Å². The zero-order chi connectivity index (χ0) is 23.8. The minimum atomic E-state index is -3.51. The topological polar surface area (TPSA) is 119 Å². The molecule has 10 heteroatoms. The van der Waals surface area contributed by atoms with Gasteiger partial charge in [-0.15, -0.1) is 0 Å². The normalized spacial score (nSPS) is 20.5. The van der Waals surface area contributed by atoms with E-state index in [0.717, 1.165) is 11.8 Å². The van der Waals surface area contributed by atoms with Gasteiger partial charge in [0, 0.05) is 17.5 Å². The van der Waals surface area contributed by atoms with Crippen molar-refractivity contribution in [1.82, 2.24) is 10.2 Å². The van der Waals surface area contributed by atoms with E-state index in [-0.39, 0.29) is 44.4 Å². The third kappa shape index (κ3) is 4.76. The maximum Gasteiger partial charge on any atom is 0.264 e. The number of amides is 3. The minimum absolute atomic E-state index is 0.0396. The molecular formula is C23H24N2O7S. The lowest BCUT2D eigenvalue weighted by molar-refractivity contribution is -0.142. The fourth-order valence-electron chi connectivity index (χ4n) is 3.96. The third-order valence-electron chi connectivity index (χ3n) is 5.96. The van der Waals surface area contributed by atoms with E-state index in [1.165, 1.54) is 4.90 Å². The van der Waals surface area contributed by atoms with Crippen LogP contribution in [0.1, 0.15) is 46.8 Å². The molecule has 2 heterocycles. The van der Waals surface area contributed by atoms with Crippen molar-refractivity contribution in [2.75, 3.05) is 6.26 Å². The van der Waals surface area contributed by atoms with E-state index in [4.69, 9.17) is 8.92 Å². The van der Waals surface area contributed by atoms with Crippen LogP contribution in [-0.4, -0.2) is 42.8 Å². The number of carbonyl (C=O) groups excluding carboxylic acids is 3. The zero-order valence-electron chi connectivity index (χ0n) is 18.3. The number of fused-ring (bicyclic) bond motifs is 1. The molecule has 3 amide bonds. The molecule has 1 fully saturated rings. The summed E-state index contributed by atoms with van der Waals surface area (Å²) in [5, 5.41) is 2.33. The molecule has 1 atom stereocenters. The van der Waals surface area contributed by atoms with E-state index in [1.807, 2.05) is 12.1 Å². The number of benzene rings is 2. The number of nitrogens with one attached hydrogen (secondary N) is 1. The number of piperidine rings is 1. The van der Waals surface area contributed by atoms with Crippen molar-refractivity contribution >= 4 is 27.8 Å². The van der Waals surface area contributed by atoms with Crippen LogP contribution in [0.15, 0.2) is 42.5 Å². The van der Waals surface area contributed by atoms with Crippen molar-refractivity contribution in [3.63, 3.8) is 0 Å². The van der Waals surface area contributed by atoms with Crippen LogP contribution in [-0.2, 0) is 43.6 Å². The van der Waals surface area contributed by atoms with Crippen LogP contribution in [0.2, 0.25) is 0 Å². The molecule has 0 aliphatic carbocycles. The van der Waals surface area contributed by atoms with Crippen molar-refractivity contribution < 1.29 is 31.7 Å². The number of imide groups is 1. The molecule has 2 aliphatic heterocycles. The molecule has 4 rings (SSSR count). The summed E-state index contributed by atoms with van der Waals surface area (Å²) in [7, 11) is -3.51. The molecular weight excluding hydrogens is 448 g/mol. The predicted octanol–water partition coefficient (Wildman–Crippen LogP) is 1.89. The average molecular weight is 473 g/mol. The van der Waals surface area contributed by atoms with Crippen molar-refractivity contribution in [2.45, 2.75) is 45.1 Å². The number of carbonyl (C=O) groups is 3. The summed E-state index contributed by atoms with van der Waals surface area (Å²) in [6, 6.07) is 12.3. The molecule has 0 radical (unpaired) electrons. The maximum atomic E-state index is 13.1. The smallest absolute Gasteiger partial charge is 0.264 e. The summed E-state index contributed by atoms with van der Waals surface area (Å²) in [5.41, 5.74) is 1.64. The average Bonchev–Trinajstić information content (AvgIpc) is 3.12. The van der Waals surface area contributed by atoms with E-state index in [1.54, 1.807) is 37.3 Å². The highest BCUT2D eigenvalue weighted by molar-refractivity contribution is 7.85. The van der Waals surface area contributed by atoms with E-state index < -0.39 is 21.6 Å². The minimum Gasteiger partial charge on any atom is -0.489 e. The molecule has 1 saturated heterocycles. The molecule has 0 unspecified atom stereocenters. The van der Waals surface area contributed by atoms with Gasteiger partial charge in [0.15, 0.2) is 0 Å². The number of nitrogens with zero attached hydrogens (tertiary/aromatic N) is 1. The highest BCUT2D eigenvalue weighted by Crippen LogP contribution is 2.38. The first kappa shape index (κ1) is 22.9. The molecule has 33 heavy (non-hydrogen) atoms. The second kappa shape index (κ2) is 8.60. The Kier molecular flexibility index (Phi) is 5.98. The second-order valence-electron chi connectivity index (χ2n) is 8.40. The summed E-state index contributed by atoms with van der Waals surface area (Å²) in [5.74, 6) is -0.525. The predicted molar refractivity (Wildman–Crippen MR) is 118 cm³/mol. The lowest BCUT2D eigenvalue weighted by Gasteiger charge is -2.39. The van der Waals surface area contributed by atoms with E-state index >= 15 is 0 Å². The lowest BCUT2D eigenvalue weighted by atomic mass is 9.89. The van der Waals surface area contributed by atoms with Crippen LogP contribution >= 0.6 is 0 Å². The SMILES string of the molecule is C[C@]1(N2Cc3c(OCc4ccc(COS(C)(=O)=O)cc4)cccc3C2=O)CCC(=O)NC1=O. The molecule has 2 aliphatic rings. The fraction of sp³-hybridized carbons (Fsp3) is 0.348. The van der Waals surface area contributed by atoms with Crippen LogP contribution in [0.5, 0.6) is 5.75 Å². The molecule has 1 N–H and O–H groups in total. The van der Waals surface area contributed by atoms with Crippen LogP contribution in [0.3, 0.4) is 0 Å². The molecule has 2 aromatic rings. The quantitative estimate of drug-likeness (QED) is 0.483. The number of ether oxygens (including phenoxy) is 1. The molecule has 0 saturated carbocycles. The first-order valence-corrected chi connectivity index (χ1v) is 12.2. The number of hydrogen-bond acceptors (Lipinski definition) is 7. The van der Waals surface area contributed by atoms with E-state index in [9.17, 15) is 22.8 Å². The van der Waals surface area contributed by atoms with Gasteiger partial charge in [0.05, 0.1) is 19.4 Å². The van der Waals surface area contributed by atoms with Crippen LogP contribution in [0.25, 0.3) is 0 Å². The van der Waals surface area contributed by atoms with E-state index in [0.29, 0.717) is 22.4 Å². The third-order valence-corrected chi connectivity index (χ3v) is 6.50. The van der Waals surface area contributed by atoms with Crippen LogP contribution in [0, 0.1) is 0 Å². The Bertz CT molecular complexity index is 1220. The Balaban J connectivity index is 1.46. The summed E-state index contributed by atoms with van der Waals surface area (Å²) in [6.45, 7) is 2.09. The van der Waals surface area contributed by atoms with Gasteiger partial charge in [-0.2, -0.15) is 8.42 Å². The van der Waals surface area contributed by atoms with Crippen molar-refractivity contribution in [2.24, 2.45) is 0 Å². The van der Waals surface area contributed by atoms with E-state index in [2.05, 4.69) is 5.32 Å². The van der Waals surface area contributed by atoms with Gasteiger partial charge in [0.25, 0.3) is 21.9 Å². The Morgan fingerprint density at radius 3 is 2.33 bits per heavy atom. The monoisotopic (exact) mass is 472 g/mol. The van der Waals surface area contributed by atoms with Crippen LogP contribution < -0.4 is 10.1 Å². The summed E-state index contributed by atoms with van der Waals surface area (Å²) >= 11 is 0. The zero-order valence-corrected chi connectivity index (χ0v) is 19.1. The van der Waals surface area contributed by atoms with Gasteiger partial charge < -0.3 is 9.64 Å². The second-order valence-corrected chi connectivity index (χ2v) is 10.0. The maximum absolute atomic E-state index is 13.1. The summed E-state index contributed by atoms with van der Waals surface area (Å²) < 4.78 is 33.0. The van der Waals surface area contributed by atoms with Crippen LogP contribution in [0.4, 0.5) is 0 Å². The largest absolute Gasteiger partial charge is 0.489 e.